The summed E-state index contributed by atoms with van der Waals surface area (Å²) in [6.07, 6.45) is 2.19. The summed E-state index contributed by atoms with van der Waals surface area (Å²) in [5.74, 6) is 0.982. The summed E-state index contributed by atoms with van der Waals surface area (Å²) in [4.78, 5) is 0. The van der Waals surface area contributed by atoms with E-state index in [1.54, 1.807) is 0 Å². The highest BCUT2D eigenvalue weighted by molar-refractivity contribution is 5.87. The predicted molar refractivity (Wildman–Crippen MR) is 90.1 cm³/mol. The van der Waals surface area contributed by atoms with E-state index in [0.29, 0.717) is 0 Å². The quantitative estimate of drug-likeness (QED) is 0.785. The van der Waals surface area contributed by atoms with Gasteiger partial charge in [0.25, 0.3) is 0 Å². The third kappa shape index (κ3) is 3.41. The van der Waals surface area contributed by atoms with E-state index in [1.165, 1.54) is 22.2 Å². The highest BCUT2D eigenvalue weighted by Gasteiger charge is 2.14. The average Bonchev–Trinajstić information content (AvgIpc) is 2.75. The Balaban J connectivity index is 2.47. The molecular weight excluding hydrogens is 260 g/mol. The van der Waals surface area contributed by atoms with Gasteiger partial charge in [0.05, 0.1) is 6.61 Å². The van der Waals surface area contributed by atoms with E-state index in [4.69, 9.17) is 4.74 Å². The van der Waals surface area contributed by atoms with E-state index >= 15 is 0 Å². The first-order valence-electron chi connectivity index (χ1n) is 8.18. The number of nitrogens with one attached hydrogen (secondary N) is 1. The van der Waals surface area contributed by atoms with Crippen LogP contribution < -0.4 is 10.1 Å². The van der Waals surface area contributed by atoms with E-state index < -0.39 is 0 Å². The lowest BCUT2D eigenvalue weighted by Crippen LogP contribution is -2.12. The van der Waals surface area contributed by atoms with Crippen LogP contribution in [0.2, 0.25) is 0 Å². The van der Waals surface area contributed by atoms with E-state index in [9.17, 15) is 0 Å². The number of aromatic nitrogens is 1. The van der Waals surface area contributed by atoms with E-state index in [-0.39, 0.29) is 0 Å². The first-order chi connectivity index (χ1) is 10.2. The average molecular weight is 288 g/mol. The lowest BCUT2D eigenvalue weighted by molar-refractivity contribution is 0.318. The van der Waals surface area contributed by atoms with Gasteiger partial charge >= 0.3 is 0 Å². The molecule has 3 heteroatoms. The Morgan fingerprint density at radius 1 is 1.14 bits per heavy atom. The number of fused-ring (bicyclic) bond motifs is 1. The number of aryl methyl sites for hydroxylation is 1. The molecule has 0 saturated heterocycles. The van der Waals surface area contributed by atoms with E-state index in [1.807, 2.05) is 0 Å². The van der Waals surface area contributed by atoms with Crippen LogP contribution >= 0.6 is 0 Å². The summed E-state index contributed by atoms with van der Waals surface area (Å²) >= 11 is 0. The third-order valence-electron chi connectivity index (χ3n) is 3.90. The standard InChI is InChI=1S/C18H28N2O/c1-5-10-20-14(4)17(13-19-7-3)16-12-15(21-11-6-2)8-9-18(16)20/h8-9,12,19H,5-7,10-11,13H2,1-4H3. The van der Waals surface area contributed by atoms with Crippen LogP contribution in [-0.2, 0) is 13.1 Å². The normalized spacial score (nSPS) is 11.2. The molecular formula is C18H28N2O. The second-order valence-corrected chi connectivity index (χ2v) is 5.52. The fraction of sp³-hybridized carbons (Fsp3) is 0.556. The fourth-order valence-corrected chi connectivity index (χ4v) is 2.83. The minimum absolute atomic E-state index is 0.780. The second kappa shape index (κ2) is 7.51. The summed E-state index contributed by atoms with van der Waals surface area (Å²) < 4.78 is 8.24. The van der Waals surface area contributed by atoms with Crippen LogP contribution in [0.25, 0.3) is 10.9 Å². The van der Waals surface area contributed by atoms with Crippen molar-refractivity contribution in [3.63, 3.8) is 0 Å². The van der Waals surface area contributed by atoms with Crippen LogP contribution in [0.1, 0.15) is 44.9 Å². The van der Waals surface area contributed by atoms with Crippen molar-refractivity contribution in [3.05, 3.63) is 29.5 Å². The van der Waals surface area contributed by atoms with Crippen molar-refractivity contribution in [1.82, 2.24) is 9.88 Å². The van der Waals surface area contributed by atoms with Crippen molar-refractivity contribution in [2.45, 2.75) is 53.6 Å². The molecule has 0 bridgehead atoms. The molecule has 0 saturated carbocycles. The smallest absolute Gasteiger partial charge is 0.120 e. The SMILES string of the molecule is CCCOc1ccc2c(c1)c(CNCC)c(C)n2CCC. The van der Waals surface area contributed by atoms with Crippen molar-refractivity contribution in [2.24, 2.45) is 0 Å². The van der Waals surface area contributed by atoms with Crippen molar-refractivity contribution in [2.75, 3.05) is 13.2 Å². The molecule has 3 nitrogen and oxygen atoms in total. The zero-order valence-corrected chi connectivity index (χ0v) is 13.8. The third-order valence-corrected chi connectivity index (χ3v) is 3.90. The van der Waals surface area contributed by atoms with Crippen LogP contribution in [0.15, 0.2) is 18.2 Å². The Morgan fingerprint density at radius 3 is 2.62 bits per heavy atom. The van der Waals surface area contributed by atoms with Crippen molar-refractivity contribution >= 4 is 10.9 Å². The number of hydrogen-bond acceptors (Lipinski definition) is 2. The fourth-order valence-electron chi connectivity index (χ4n) is 2.83. The molecule has 0 aliphatic rings. The van der Waals surface area contributed by atoms with Crippen LogP contribution in [0.5, 0.6) is 5.75 Å². The van der Waals surface area contributed by atoms with Crippen LogP contribution in [0, 0.1) is 6.92 Å². The summed E-state index contributed by atoms with van der Waals surface area (Å²) in [5.41, 5.74) is 4.11. The van der Waals surface area contributed by atoms with Gasteiger partial charge in [0.1, 0.15) is 5.75 Å². The topological polar surface area (TPSA) is 26.2 Å². The second-order valence-electron chi connectivity index (χ2n) is 5.52. The molecule has 0 aliphatic carbocycles. The maximum Gasteiger partial charge on any atom is 0.120 e. The molecule has 0 fully saturated rings. The molecule has 0 aliphatic heterocycles. The molecule has 116 valence electrons. The number of rotatable bonds is 8. The number of nitrogens with zero attached hydrogens (tertiary/aromatic N) is 1. The molecule has 0 amide bonds. The molecule has 2 aromatic rings. The molecule has 0 radical (unpaired) electrons. The van der Waals surface area contributed by atoms with Gasteiger partial charge in [-0.15, -0.1) is 0 Å². The molecule has 2 rings (SSSR count). The minimum atomic E-state index is 0.780. The molecule has 0 spiro atoms. The van der Waals surface area contributed by atoms with Gasteiger partial charge in [-0.1, -0.05) is 20.8 Å². The maximum absolute atomic E-state index is 5.80. The Hall–Kier alpha value is -1.48. The number of benzene rings is 1. The summed E-state index contributed by atoms with van der Waals surface area (Å²) in [7, 11) is 0. The zero-order valence-electron chi connectivity index (χ0n) is 13.8. The highest BCUT2D eigenvalue weighted by Crippen LogP contribution is 2.29. The lowest BCUT2D eigenvalue weighted by atomic mass is 10.1. The molecule has 0 unspecified atom stereocenters. The molecule has 0 atom stereocenters. The van der Waals surface area contributed by atoms with E-state index in [2.05, 4.69) is 55.8 Å². The highest BCUT2D eigenvalue weighted by atomic mass is 16.5. The summed E-state index contributed by atoms with van der Waals surface area (Å²) in [5, 5.41) is 4.79. The minimum Gasteiger partial charge on any atom is -0.494 e. The summed E-state index contributed by atoms with van der Waals surface area (Å²) in [6.45, 7) is 12.5. The molecule has 1 N–H and O–H groups in total. The van der Waals surface area contributed by atoms with E-state index in [0.717, 1.165) is 44.8 Å². The van der Waals surface area contributed by atoms with Crippen molar-refractivity contribution in [3.8, 4) is 5.75 Å². The number of ether oxygens (including phenoxy) is 1. The Kier molecular flexibility index (Phi) is 5.68. The van der Waals surface area contributed by atoms with Crippen molar-refractivity contribution in [1.29, 1.82) is 0 Å². The van der Waals surface area contributed by atoms with Crippen LogP contribution in [0.3, 0.4) is 0 Å². The van der Waals surface area contributed by atoms with Gasteiger partial charge in [-0.2, -0.15) is 0 Å². The lowest BCUT2D eigenvalue weighted by Gasteiger charge is -2.07. The Morgan fingerprint density at radius 2 is 1.95 bits per heavy atom. The molecule has 1 aromatic heterocycles. The van der Waals surface area contributed by atoms with Gasteiger partial charge in [0, 0.05) is 29.7 Å². The van der Waals surface area contributed by atoms with Crippen molar-refractivity contribution < 1.29 is 4.74 Å². The predicted octanol–water partition coefficient (Wildman–Crippen LogP) is 4.26. The Bertz CT molecular complexity index is 586. The molecule has 21 heavy (non-hydrogen) atoms. The molecule has 1 heterocycles. The first-order valence-corrected chi connectivity index (χ1v) is 8.18. The molecule has 1 aromatic carbocycles. The van der Waals surface area contributed by atoms with Gasteiger partial charge in [-0.3, -0.25) is 0 Å². The Labute approximate surface area is 128 Å². The van der Waals surface area contributed by atoms with Crippen LogP contribution in [-0.4, -0.2) is 17.7 Å². The first kappa shape index (κ1) is 15.9. The van der Waals surface area contributed by atoms with Gasteiger partial charge in [-0.05, 0) is 50.1 Å². The zero-order chi connectivity index (χ0) is 15.2. The monoisotopic (exact) mass is 288 g/mol. The van der Waals surface area contributed by atoms with Gasteiger partial charge in [0.15, 0.2) is 0 Å². The van der Waals surface area contributed by atoms with Gasteiger partial charge in [0.2, 0.25) is 0 Å². The largest absolute Gasteiger partial charge is 0.494 e. The maximum atomic E-state index is 5.80. The van der Waals surface area contributed by atoms with Crippen LogP contribution in [0.4, 0.5) is 0 Å². The summed E-state index contributed by atoms with van der Waals surface area (Å²) in [6, 6.07) is 6.51. The van der Waals surface area contributed by atoms with Gasteiger partial charge < -0.3 is 14.6 Å². The van der Waals surface area contributed by atoms with Gasteiger partial charge in [-0.25, -0.2) is 0 Å². The number of hydrogen-bond donors (Lipinski definition) is 1.